The molecule has 114 valence electrons. The Morgan fingerprint density at radius 2 is 1.95 bits per heavy atom. The van der Waals surface area contributed by atoms with Crippen molar-refractivity contribution in [1.82, 2.24) is 4.90 Å². The van der Waals surface area contributed by atoms with Gasteiger partial charge < -0.3 is 19.1 Å². The molecule has 1 aromatic carbocycles. The minimum atomic E-state index is -0.247. The molecule has 1 saturated heterocycles. The quantitative estimate of drug-likeness (QED) is 0.831. The Morgan fingerprint density at radius 1 is 1.19 bits per heavy atom. The fourth-order valence-corrected chi connectivity index (χ4v) is 2.79. The van der Waals surface area contributed by atoms with Crippen molar-refractivity contribution in [3.05, 3.63) is 23.8 Å². The van der Waals surface area contributed by atoms with E-state index in [1.807, 2.05) is 36.9 Å². The Bertz CT molecular complexity index is 541. The molecular weight excluding hydrogens is 270 g/mol. The van der Waals surface area contributed by atoms with Crippen molar-refractivity contribution in [3.8, 4) is 11.5 Å². The van der Waals surface area contributed by atoms with Gasteiger partial charge in [0.15, 0.2) is 11.5 Å². The van der Waals surface area contributed by atoms with Gasteiger partial charge in [-0.3, -0.25) is 4.79 Å². The maximum absolute atomic E-state index is 12.5. The minimum Gasteiger partial charge on any atom is -0.486 e. The monoisotopic (exact) mass is 291 g/mol. The Balaban J connectivity index is 1.72. The lowest BCUT2D eigenvalue weighted by Gasteiger charge is -2.42. The first-order valence-electron chi connectivity index (χ1n) is 7.33. The summed E-state index contributed by atoms with van der Waals surface area (Å²) in [5, 5.41) is 0. The number of amides is 1. The summed E-state index contributed by atoms with van der Waals surface area (Å²) in [6.45, 7) is 7.04. The van der Waals surface area contributed by atoms with E-state index in [2.05, 4.69) is 0 Å². The van der Waals surface area contributed by atoms with E-state index >= 15 is 0 Å². The smallest absolute Gasteiger partial charge is 0.227 e. The summed E-state index contributed by atoms with van der Waals surface area (Å²) in [6, 6.07) is 5.71. The molecule has 3 rings (SSSR count). The number of ether oxygens (including phenoxy) is 3. The summed E-state index contributed by atoms with van der Waals surface area (Å²) in [7, 11) is 0. The van der Waals surface area contributed by atoms with Gasteiger partial charge >= 0.3 is 0 Å². The number of fused-ring (bicyclic) bond motifs is 1. The van der Waals surface area contributed by atoms with E-state index in [1.54, 1.807) is 0 Å². The van der Waals surface area contributed by atoms with Gasteiger partial charge in [-0.25, -0.2) is 0 Å². The Kier molecular flexibility index (Phi) is 3.76. The van der Waals surface area contributed by atoms with Crippen LogP contribution in [0.2, 0.25) is 0 Å². The summed E-state index contributed by atoms with van der Waals surface area (Å²) < 4.78 is 16.5. The molecule has 2 heterocycles. The lowest BCUT2D eigenvalue weighted by molar-refractivity contribution is -0.145. The first kappa shape index (κ1) is 14.2. The second-order valence-electron chi connectivity index (χ2n) is 6.07. The van der Waals surface area contributed by atoms with Crippen LogP contribution in [0.25, 0.3) is 0 Å². The maximum Gasteiger partial charge on any atom is 0.227 e. The van der Waals surface area contributed by atoms with E-state index in [0.717, 1.165) is 17.1 Å². The Hall–Kier alpha value is -1.75. The van der Waals surface area contributed by atoms with Crippen LogP contribution in [-0.2, 0) is 16.0 Å². The standard InChI is InChI=1S/C16H21NO4/c1-16(2)11-19-6-5-17(16)15(18)10-12-3-4-13-14(9-12)21-8-7-20-13/h3-4,9H,5-8,10-11H2,1-2H3. The molecule has 0 atom stereocenters. The molecule has 0 spiro atoms. The Labute approximate surface area is 124 Å². The molecule has 0 radical (unpaired) electrons. The molecule has 0 N–H and O–H groups in total. The molecule has 21 heavy (non-hydrogen) atoms. The van der Waals surface area contributed by atoms with Gasteiger partial charge in [-0.05, 0) is 31.5 Å². The molecular formula is C16H21NO4. The van der Waals surface area contributed by atoms with Crippen LogP contribution in [0.3, 0.4) is 0 Å². The summed E-state index contributed by atoms with van der Waals surface area (Å²) in [5.41, 5.74) is 0.704. The number of benzene rings is 1. The highest BCUT2D eigenvalue weighted by Crippen LogP contribution is 2.31. The zero-order valence-corrected chi connectivity index (χ0v) is 12.6. The largest absolute Gasteiger partial charge is 0.486 e. The summed E-state index contributed by atoms with van der Waals surface area (Å²) >= 11 is 0. The van der Waals surface area contributed by atoms with Gasteiger partial charge in [0.1, 0.15) is 13.2 Å². The van der Waals surface area contributed by atoms with Crippen LogP contribution >= 0.6 is 0 Å². The number of morpholine rings is 1. The van der Waals surface area contributed by atoms with E-state index in [4.69, 9.17) is 14.2 Å². The summed E-state index contributed by atoms with van der Waals surface area (Å²) in [4.78, 5) is 14.5. The molecule has 2 aliphatic rings. The first-order valence-corrected chi connectivity index (χ1v) is 7.33. The molecule has 1 fully saturated rings. The van der Waals surface area contributed by atoms with Gasteiger partial charge in [-0.1, -0.05) is 6.07 Å². The van der Waals surface area contributed by atoms with Gasteiger partial charge in [0.05, 0.1) is 25.2 Å². The van der Waals surface area contributed by atoms with E-state index in [9.17, 15) is 4.79 Å². The summed E-state index contributed by atoms with van der Waals surface area (Å²) in [6.07, 6.45) is 0.375. The number of nitrogens with zero attached hydrogens (tertiary/aromatic N) is 1. The third-order valence-corrected chi connectivity index (χ3v) is 3.91. The predicted molar refractivity (Wildman–Crippen MR) is 77.7 cm³/mol. The average molecular weight is 291 g/mol. The van der Waals surface area contributed by atoms with E-state index < -0.39 is 0 Å². The molecule has 0 saturated carbocycles. The van der Waals surface area contributed by atoms with Crippen LogP contribution in [0.5, 0.6) is 11.5 Å². The van der Waals surface area contributed by atoms with Gasteiger partial charge in [-0.15, -0.1) is 0 Å². The highest BCUT2D eigenvalue weighted by atomic mass is 16.6. The van der Waals surface area contributed by atoms with Crippen molar-refractivity contribution in [1.29, 1.82) is 0 Å². The van der Waals surface area contributed by atoms with E-state index in [-0.39, 0.29) is 11.4 Å². The molecule has 0 unspecified atom stereocenters. The number of carbonyl (C=O) groups is 1. The first-order chi connectivity index (χ1) is 10.1. The van der Waals surface area contributed by atoms with Crippen molar-refractivity contribution >= 4 is 5.91 Å². The van der Waals surface area contributed by atoms with E-state index in [0.29, 0.717) is 39.4 Å². The van der Waals surface area contributed by atoms with Crippen LogP contribution in [0, 0.1) is 0 Å². The predicted octanol–water partition coefficient (Wildman–Crippen LogP) is 1.64. The number of hydrogen-bond acceptors (Lipinski definition) is 4. The lowest BCUT2D eigenvalue weighted by atomic mass is 10.0. The molecule has 1 amide bonds. The number of carbonyl (C=O) groups excluding carboxylic acids is 1. The Morgan fingerprint density at radius 3 is 2.71 bits per heavy atom. The maximum atomic E-state index is 12.5. The highest BCUT2D eigenvalue weighted by molar-refractivity contribution is 5.80. The number of hydrogen-bond donors (Lipinski definition) is 0. The molecule has 0 aliphatic carbocycles. The second-order valence-corrected chi connectivity index (χ2v) is 6.07. The lowest BCUT2D eigenvalue weighted by Crippen LogP contribution is -2.55. The van der Waals surface area contributed by atoms with Crippen LogP contribution in [-0.4, -0.2) is 49.3 Å². The summed E-state index contributed by atoms with van der Waals surface area (Å²) in [5.74, 6) is 1.61. The third-order valence-electron chi connectivity index (χ3n) is 3.91. The SMILES string of the molecule is CC1(C)COCCN1C(=O)Cc1ccc2c(c1)OCCO2. The van der Waals surface area contributed by atoms with E-state index in [1.165, 1.54) is 0 Å². The fraction of sp³-hybridized carbons (Fsp3) is 0.562. The zero-order valence-electron chi connectivity index (χ0n) is 12.6. The van der Waals surface area contributed by atoms with Crippen molar-refractivity contribution in [2.75, 3.05) is 33.0 Å². The van der Waals surface area contributed by atoms with Gasteiger partial charge in [0.2, 0.25) is 5.91 Å². The fourth-order valence-electron chi connectivity index (χ4n) is 2.79. The average Bonchev–Trinajstić information content (AvgIpc) is 2.46. The van der Waals surface area contributed by atoms with Crippen molar-refractivity contribution in [3.63, 3.8) is 0 Å². The number of rotatable bonds is 2. The molecule has 1 aromatic rings. The second kappa shape index (κ2) is 5.56. The molecule has 5 heteroatoms. The van der Waals surface area contributed by atoms with Crippen molar-refractivity contribution < 1.29 is 19.0 Å². The van der Waals surface area contributed by atoms with Crippen LogP contribution in [0.1, 0.15) is 19.4 Å². The molecule has 5 nitrogen and oxygen atoms in total. The van der Waals surface area contributed by atoms with Gasteiger partial charge in [0, 0.05) is 6.54 Å². The van der Waals surface area contributed by atoms with Crippen LogP contribution in [0.15, 0.2) is 18.2 Å². The van der Waals surface area contributed by atoms with Gasteiger partial charge in [0.25, 0.3) is 0 Å². The van der Waals surface area contributed by atoms with Crippen molar-refractivity contribution in [2.45, 2.75) is 25.8 Å². The zero-order chi connectivity index (χ0) is 14.9. The third kappa shape index (κ3) is 2.97. The molecule has 0 aromatic heterocycles. The molecule has 2 aliphatic heterocycles. The van der Waals surface area contributed by atoms with Crippen LogP contribution < -0.4 is 9.47 Å². The van der Waals surface area contributed by atoms with Gasteiger partial charge in [-0.2, -0.15) is 0 Å². The van der Waals surface area contributed by atoms with Crippen molar-refractivity contribution in [2.24, 2.45) is 0 Å². The highest BCUT2D eigenvalue weighted by Gasteiger charge is 2.33. The minimum absolute atomic E-state index is 0.125. The molecule has 0 bridgehead atoms. The topological polar surface area (TPSA) is 48.0 Å². The normalized spacial score (nSPS) is 20.2. The van der Waals surface area contributed by atoms with Crippen LogP contribution in [0.4, 0.5) is 0 Å².